The first-order valence-corrected chi connectivity index (χ1v) is 7.94. The maximum Gasteiger partial charge on any atom is 0.242 e. The molecule has 0 spiro atoms. The summed E-state index contributed by atoms with van der Waals surface area (Å²) < 4.78 is 38.0. The van der Waals surface area contributed by atoms with Crippen LogP contribution in [-0.4, -0.2) is 33.7 Å². The molecule has 8 heteroatoms. The van der Waals surface area contributed by atoms with Crippen LogP contribution in [0.1, 0.15) is 13.8 Å². The van der Waals surface area contributed by atoms with E-state index >= 15 is 0 Å². The summed E-state index contributed by atoms with van der Waals surface area (Å²) in [5, 5.41) is 0.0783. The SMILES string of the molecule is CC(C)(CN)NS(=O)(=O)c1cc2c(cc1Cl)OCCO2. The third-order valence-electron chi connectivity index (χ3n) is 2.81. The minimum absolute atomic E-state index is 0.0510. The molecule has 20 heavy (non-hydrogen) atoms. The number of benzene rings is 1. The Morgan fingerprint density at radius 1 is 1.30 bits per heavy atom. The smallest absolute Gasteiger partial charge is 0.242 e. The maximum absolute atomic E-state index is 12.4. The van der Waals surface area contributed by atoms with Gasteiger partial charge in [-0.1, -0.05) is 11.6 Å². The molecule has 0 saturated carbocycles. The molecule has 112 valence electrons. The van der Waals surface area contributed by atoms with E-state index in [2.05, 4.69) is 4.72 Å². The summed E-state index contributed by atoms with van der Waals surface area (Å²) in [7, 11) is -3.79. The molecule has 0 radical (unpaired) electrons. The lowest BCUT2D eigenvalue weighted by Gasteiger charge is -2.25. The predicted octanol–water partition coefficient (Wildman–Crippen LogP) is 1.13. The van der Waals surface area contributed by atoms with Gasteiger partial charge in [0.05, 0.1) is 5.02 Å². The van der Waals surface area contributed by atoms with Crippen molar-refractivity contribution in [2.24, 2.45) is 5.73 Å². The van der Waals surface area contributed by atoms with Crippen molar-refractivity contribution in [1.29, 1.82) is 0 Å². The minimum atomic E-state index is -3.79. The van der Waals surface area contributed by atoms with Gasteiger partial charge in [0, 0.05) is 24.2 Å². The van der Waals surface area contributed by atoms with E-state index in [0.29, 0.717) is 24.7 Å². The van der Waals surface area contributed by atoms with Crippen LogP contribution in [0.5, 0.6) is 11.5 Å². The number of halogens is 1. The largest absolute Gasteiger partial charge is 0.486 e. The molecule has 2 rings (SSSR count). The van der Waals surface area contributed by atoms with Gasteiger partial charge in [-0.05, 0) is 13.8 Å². The van der Waals surface area contributed by atoms with Gasteiger partial charge >= 0.3 is 0 Å². The van der Waals surface area contributed by atoms with Crippen LogP contribution in [-0.2, 0) is 10.0 Å². The highest BCUT2D eigenvalue weighted by molar-refractivity contribution is 7.89. The average Bonchev–Trinajstić information content (AvgIpc) is 2.36. The van der Waals surface area contributed by atoms with Gasteiger partial charge in [-0.2, -0.15) is 0 Å². The van der Waals surface area contributed by atoms with Crippen LogP contribution in [0.15, 0.2) is 17.0 Å². The Morgan fingerprint density at radius 3 is 2.40 bits per heavy atom. The van der Waals surface area contributed by atoms with Gasteiger partial charge in [-0.25, -0.2) is 13.1 Å². The zero-order chi connectivity index (χ0) is 15.0. The second kappa shape index (κ2) is 5.40. The second-order valence-corrected chi connectivity index (χ2v) is 7.18. The number of sulfonamides is 1. The maximum atomic E-state index is 12.4. The van der Waals surface area contributed by atoms with E-state index in [4.69, 9.17) is 26.8 Å². The molecule has 0 aromatic heterocycles. The summed E-state index contributed by atoms with van der Waals surface area (Å²) in [4.78, 5) is -0.0510. The normalized spacial score (nSPS) is 15.2. The highest BCUT2D eigenvalue weighted by Gasteiger charge is 2.28. The summed E-state index contributed by atoms with van der Waals surface area (Å²) in [6.45, 7) is 4.32. The molecule has 1 aromatic rings. The van der Waals surface area contributed by atoms with Crippen LogP contribution in [0.25, 0.3) is 0 Å². The molecule has 1 aromatic carbocycles. The van der Waals surface area contributed by atoms with Gasteiger partial charge in [0.25, 0.3) is 0 Å². The number of rotatable bonds is 4. The van der Waals surface area contributed by atoms with Crippen LogP contribution < -0.4 is 19.9 Å². The molecule has 0 amide bonds. The van der Waals surface area contributed by atoms with E-state index in [-0.39, 0.29) is 16.5 Å². The van der Waals surface area contributed by atoms with Crippen molar-refractivity contribution in [3.05, 3.63) is 17.2 Å². The number of hydrogen-bond donors (Lipinski definition) is 2. The zero-order valence-electron chi connectivity index (χ0n) is 11.3. The Morgan fingerprint density at radius 2 is 1.85 bits per heavy atom. The molecule has 0 bridgehead atoms. The first kappa shape index (κ1) is 15.4. The molecule has 0 unspecified atom stereocenters. The molecular formula is C12H17ClN2O4S. The summed E-state index contributed by atoms with van der Waals surface area (Å²) in [6, 6.07) is 2.81. The van der Waals surface area contributed by atoms with E-state index in [1.54, 1.807) is 13.8 Å². The molecule has 0 aliphatic carbocycles. The quantitative estimate of drug-likeness (QED) is 0.867. The molecular weight excluding hydrogens is 304 g/mol. The lowest BCUT2D eigenvalue weighted by molar-refractivity contribution is 0.171. The first-order valence-electron chi connectivity index (χ1n) is 6.08. The topological polar surface area (TPSA) is 90.7 Å². The summed E-state index contributed by atoms with van der Waals surface area (Å²) in [6.07, 6.45) is 0. The molecule has 1 aliphatic heterocycles. The number of nitrogens with two attached hydrogens (primary N) is 1. The standard InChI is InChI=1S/C12H17ClN2O4S/c1-12(2,7-14)15-20(16,17)11-6-10-9(5-8(11)13)18-3-4-19-10/h5-6,15H,3-4,7,14H2,1-2H3. The average molecular weight is 321 g/mol. The molecule has 6 nitrogen and oxygen atoms in total. The van der Waals surface area contributed by atoms with Crippen molar-refractivity contribution in [3.63, 3.8) is 0 Å². The van der Waals surface area contributed by atoms with Crippen molar-refractivity contribution in [2.45, 2.75) is 24.3 Å². The predicted molar refractivity (Wildman–Crippen MR) is 75.9 cm³/mol. The molecule has 1 aliphatic rings. The number of nitrogens with one attached hydrogen (secondary N) is 1. The van der Waals surface area contributed by atoms with Crippen LogP contribution in [0.4, 0.5) is 0 Å². The van der Waals surface area contributed by atoms with Crippen molar-refractivity contribution < 1.29 is 17.9 Å². The Balaban J connectivity index is 2.42. The first-order chi connectivity index (χ1) is 9.25. The molecule has 3 N–H and O–H groups in total. The van der Waals surface area contributed by atoms with Crippen molar-refractivity contribution >= 4 is 21.6 Å². The third kappa shape index (κ3) is 3.17. The van der Waals surface area contributed by atoms with Gasteiger partial charge in [-0.15, -0.1) is 0 Å². The Hall–Kier alpha value is -1.02. The van der Waals surface area contributed by atoms with E-state index in [1.807, 2.05) is 0 Å². The highest BCUT2D eigenvalue weighted by atomic mass is 35.5. The zero-order valence-corrected chi connectivity index (χ0v) is 12.8. The van der Waals surface area contributed by atoms with Crippen LogP contribution in [0.2, 0.25) is 5.02 Å². The van der Waals surface area contributed by atoms with Gasteiger partial charge < -0.3 is 15.2 Å². The molecule has 1 heterocycles. The van der Waals surface area contributed by atoms with Crippen LogP contribution >= 0.6 is 11.6 Å². The Labute approximate surface area is 123 Å². The second-order valence-electron chi connectivity index (χ2n) is 5.12. The fourth-order valence-corrected chi connectivity index (χ4v) is 3.67. The fraction of sp³-hybridized carbons (Fsp3) is 0.500. The van der Waals surface area contributed by atoms with Gasteiger partial charge in [0.1, 0.15) is 18.1 Å². The minimum Gasteiger partial charge on any atom is -0.486 e. The lowest BCUT2D eigenvalue weighted by Crippen LogP contribution is -2.48. The molecule has 0 saturated heterocycles. The van der Waals surface area contributed by atoms with Gasteiger partial charge in [-0.3, -0.25) is 0 Å². The summed E-state index contributed by atoms with van der Waals surface area (Å²) in [5.41, 5.74) is 4.77. The van der Waals surface area contributed by atoms with E-state index in [1.165, 1.54) is 12.1 Å². The van der Waals surface area contributed by atoms with Gasteiger partial charge in [0.15, 0.2) is 11.5 Å². The summed E-state index contributed by atoms with van der Waals surface area (Å²) in [5.74, 6) is 0.810. The Kier molecular flexibility index (Phi) is 4.15. The lowest BCUT2D eigenvalue weighted by atomic mass is 10.1. The van der Waals surface area contributed by atoms with Gasteiger partial charge in [0.2, 0.25) is 10.0 Å². The highest BCUT2D eigenvalue weighted by Crippen LogP contribution is 2.37. The van der Waals surface area contributed by atoms with Crippen LogP contribution in [0, 0.1) is 0 Å². The van der Waals surface area contributed by atoms with E-state index in [9.17, 15) is 8.42 Å². The Bertz CT molecular complexity index is 616. The van der Waals surface area contributed by atoms with Crippen molar-refractivity contribution in [1.82, 2.24) is 4.72 Å². The number of fused-ring (bicyclic) bond motifs is 1. The molecule has 0 atom stereocenters. The third-order valence-corrected chi connectivity index (χ3v) is 4.97. The van der Waals surface area contributed by atoms with Crippen molar-refractivity contribution in [3.8, 4) is 11.5 Å². The summed E-state index contributed by atoms with van der Waals surface area (Å²) >= 11 is 6.03. The monoisotopic (exact) mass is 320 g/mol. The van der Waals surface area contributed by atoms with E-state index in [0.717, 1.165) is 0 Å². The number of ether oxygens (including phenoxy) is 2. The van der Waals surface area contributed by atoms with Crippen LogP contribution in [0.3, 0.4) is 0 Å². The van der Waals surface area contributed by atoms with Crippen molar-refractivity contribution in [2.75, 3.05) is 19.8 Å². The van der Waals surface area contributed by atoms with E-state index < -0.39 is 15.6 Å². The number of hydrogen-bond acceptors (Lipinski definition) is 5. The fourth-order valence-electron chi connectivity index (χ4n) is 1.71. The molecule has 0 fully saturated rings.